The second-order valence-corrected chi connectivity index (χ2v) is 7.31. The molecular weight excluding hydrogens is 324 g/mol. The van der Waals surface area contributed by atoms with Crippen molar-refractivity contribution in [3.8, 4) is 0 Å². The van der Waals surface area contributed by atoms with Crippen LogP contribution in [-0.2, 0) is 4.74 Å². The van der Waals surface area contributed by atoms with Gasteiger partial charge in [0.2, 0.25) is 0 Å². The van der Waals surface area contributed by atoms with Crippen LogP contribution in [0.1, 0.15) is 53.9 Å². The number of ether oxygens (including phenoxy) is 1. The molecule has 0 bridgehead atoms. The highest BCUT2D eigenvalue weighted by molar-refractivity contribution is 6.04. The minimum atomic E-state index is -0.0599. The van der Waals surface area contributed by atoms with Crippen molar-refractivity contribution < 1.29 is 9.53 Å². The van der Waals surface area contributed by atoms with E-state index in [1.54, 1.807) is 0 Å². The quantitative estimate of drug-likeness (QED) is 0.814. The Bertz CT molecular complexity index is 730. The summed E-state index contributed by atoms with van der Waals surface area (Å²) in [5.74, 6) is 0.637. The van der Waals surface area contributed by atoms with Crippen LogP contribution in [0.5, 0.6) is 0 Å². The molecule has 26 heavy (non-hydrogen) atoms. The van der Waals surface area contributed by atoms with E-state index in [1.807, 2.05) is 36.4 Å². The molecule has 2 aliphatic rings. The van der Waals surface area contributed by atoms with Crippen molar-refractivity contribution in [3.05, 3.63) is 59.7 Å². The molecule has 0 radical (unpaired) electrons. The SMILES string of the molecule is O=C(Nc1ccc(NC2CCOCC2)cc1)c1ccc(C2CCC2)cc1. The Morgan fingerprint density at radius 2 is 1.50 bits per heavy atom. The average Bonchev–Trinajstić information content (AvgIpc) is 2.63. The summed E-state index contributed by atoms with van der Waals surface area (Å²) >= 11 is 0. The van der Waals surface area contributed by atoms with Gasteiger partial charge in [-0.25, -0.2) is 0 Å². The number of rotatable bonds is 5. The molecule has 1 saturated carbocycles. The minimum absolute atomic E-state index is 0.0599. The van der Waals surface area contributed by atoms with Gasteiger partial charge in [-0.05, 0) is 73.6 Å². The third-order valence-electron chi connectivity index (χ3n) is 5.48. The number of nitrogens with one attached hydrogen (secondary N) is 2. The molecule has 1 amide bonds. The van der Waals surface area contributed by atoms with E-state index in [2.05, 4.69) is 22.8 Å². The molecule has 2 aromatic rings. The predicted octanol–water partition coefficient (Wildman–Crippen LogP) is 4.80. The molecular formula is C22H26N2O2. The summed E-state index contributed by atoms with van der Waals surface area (Å²) in [7, 11) is 0. The number of carbonyl (C=O) groups is 1. The van der Waals surface area contributed by atoms with Gasteiger partial charge in [0.1, 0.15) is 0 Å². The average molecular weight is 350 g/mol. The summed E-state index contributed by atoms with van der Waals surface area (Å²) < 4.78 is 5.38. The lowest BCUT2D eigenvalue weighted by Gasteiger charge is -2.25. The summed E-state index contributed by atoms with van der Waals surface area (Å²) in [5, 5.41) is 6.51. The Labute approximate surface area is 155 Å². The predicted molar refractivity (Wildman–Crippen MR) is 105 cm³/mol. The second kappa shape index (κ2) is 7.92. The van der Waals surface area contributed by atoms with Crippen molar-refractivity contribution in [2.75, 3.05) is 23.8 Å². The van der Waals surface area contributed by atoms with Gasteiger partial charge in [0.15, 0.2) is 0 Å². The maximum absolute atomic E-state index is 12.4. The van der Waals surface area contributed by atoms with Crippen LogP contribution in [0.3, 0.4) is 0 Å². The van der Waals surface area contributed by atoms with Gasteiger partial charge in [-0.1, -0.05) is 18.6 Å². The third-order valence-corrected chi connectivity index (χ3v) is 5.48. The number of benzene rings is 2. The van der Waals surface area contributed by atoms with Crippen LogP contribution in [0, 0.1) is 0 Å². The molecule has 1 saturated heterocycles. The molecule has 4 nitrogen and oxygen atoms in total. The van der Waals surface area contributed by atoms with Gasteiger partial charge in [-0.15, -0.1) is 0 Å². The van der Waals surface area contributed by atoms with Crippen LogP contribution in [-0.4, -0.2) is 25.2 Å². The molecule has 0 atom stereocenters. The molecule has 0 aromatic heterocycles. The number of amides is 1. The van der Waals surface area contributed by atoms with Crippen molar-refractivity contribution in [2.24, 2.45) is 0 Å². The molecule has 2 N–H and O–H groups in total. The number of hydrogen-bond acceptors (Lipinski definition) is 3. The Balaban J connectivity index is 1.33. The fourth-order valence-electron chi connectivity index (χ4n) is 3.58. The van der Waals surface area contributed by atoms with Crippen LogP contribution >= 0.6 is 0 Å². The maximum Gasteiger partial charge on any atom is 0.255 e. The molecule has 2 aromatic carbocycles. The topological polar surface area (TPSA) is 50.4 Å². The molecule has 0 spiro atoms. The molecule has 1 aliphatic heterocycles. The first-order chi connectivity index (χ1) is 12.8. The normalized spacial score (nSPS) is 18.2. The van der Waals surface area contributed by atoms with Crippen LogP contribution in [0.4, 0.5) is 11.4 Å². The Hall–Kier alpha value is -2.33. The lowest BCUT2D eigenvalue weighted by Crippen LogP contribution is -2.27. The van der Waals surface area contributed by atoms with Gasteiger partial charge in [0.25, 0.3) is 5.91 Å². The Morgan fingerprint density at radius 1 is 0.846 bits per heavy atom. The Morgan fingerprint density at radius 3 is 2.12 bits per heavy atom. The standard InChI is InChI=1S/C22H26N2O2/c25-22(18-6-4-17(5-7-18)16-2-1-3-16)24-20-10-8-19(9-11-20)23-21-12-14-26-15-13-21/h4-11,16,21,23H,1-3,12-15H2,(H,24,25). The summed E-state index contributed by atoms with van der Waals surface area (Å²) in [4.78, 5) is 12.4. The number of hydrogen-bond donors (Lipinski definition) is 2. The summed E-state index contributed by atoms with van der Waals surface area (Å²) in [6.45, 7) is 1.65. The van der Waals surface area contributed by atoms with Crippen LogP contribution in [0.15, 0.2) is 48.5 Å². The van der Waals surface area contributed by atoms with E-state index in [9.17, 15) is 4.79 Å². The van der Waals surface area contributed by atoms with E-state index >= 15 is 0 Å². The van der Waals surface area contributed by atoms with Crippen LogP contribution in [0.25, 0.3) is 0 Å². The first kappa shape index (κ1) is 17.1. The van der Waals surface area contributed by atoms with E-state index in [1.165, 1.54) is 24.8 Å². The number of carbonyl (C=O) groups excluding carboxylic acids is 1. The molecule has 4 heteroatoms. The first-order valence-corrected chi connectivity index (χ1v) is 9.63. The first-order valence-electron chi connectivity index (χ1n) is 9.63. The van der Waals surface area contributed by atoms with Crippen molar-refractivity contribution in [1.29, 1.82) is 0 Å². The van der Waals surface area contributed by atoms with E-state index in [0.29, 0.717) is 17.5 Å². The molecule has 2 fully saturated rings. The third kappa shape index (κ3) is 4.07. The van der Waals surface area contributed by atoms with Crippen molar-refractivity contribution in [1.82, 2.24) is 0 Å². The summed E-state index contributed by atoms with van der Waals surface area (Å²) in [6, 6.07) is 16.5. The highest BCUT2D eigenvalue weighted by atomic mass is 16.5. The zero-order valence-corrected chi connectivity index (χ0v) is 15.0. The second-order valence-electron chi connectivity index (χ2n) is 7.31. The van der Waals surface area contributed by atoms with Crippen molar-refractivity contribution in [2.45, 2.75) is 44.1 Å². The highest BCUT2D eigenvalue weighted by Crippen LogP contribution is 2.36. The molecule has 1 aliphatic carbocycles. The van der Waals surface area contributed by atoms with Gasteiger partial charge in [-0.3, -0.25) is 4.79 Å². The van der Waals surface area contributed by atoms with Gasteiger partial charge < -0.3 is 15.4 Å². The van der Waals surface area contributed by atoms with Gasteiger partial charge in [-0.2, -0.15) is 0 Å². The van der Waals surface area contributed by atoms with Crippen LogP contribution in [0.2, 0.25) is 0 Å². The minimum Gasteiger partial charge on any atom is -0.382 e. The Kier molecular flexibility index (Phi) is 5.21. The molecule has 136 valence electrons. The monoisotopic (exact) mass is 350 g/mol. The smallest absolute Gasteiger partial charge is 0.255 e. The lowest BCUT2D eigenvalue weighted by molar-refractivity contribution is 0.0904. The molecule has 0 unspecified atom stereocenters. The fraction of sp³-hybridized carbons (Fsp3) is 0.409. The van der Waals surface area contributed by atoms with E-state index in [0.717, 1.165) is 37.4 Å². The van der Waals surface area contributed by atoms with Gasteiger partial charge in [0.05, 0.1) is 0 Å². The van der Waals surface area contributed by atoms with Crippen LogP contribution < -0.4 is 10.6 Å². The summed E-state index contributed by atoms with van der Waals surface area (Å²) in [6.07, 6.45) is 5.95. The zero-order valence-electron chi connectivity index (χ0n) is 15.0. The van der Waals surface area contributed by atoms with Crippen molar-refractivity contribution >= 4 is 17.3 Å². The largest absolute Gasteiger partial charge is 0.382 e. The summed E-state index contributed by atoms with van der Waals surface area (Å²) in [5.41, 5.74) is 3.96. The van der Waals surface area contributed by atoms with E-state index < -0.39 is 0 Å². The van der Waals surface area contributed by atoms with E-state index in [-0.39, 0.29) is 5.91 Å². The van der Waals surface area contributed by atoms with Gasteiger partial charge >= 0.3 is 0 Å². The van der Waals surface area contributed by atoms with Gasteiger partial charge in [0, 0.05) is 36.2 Å². The van der Waals surface area contributed by atoms with E-state index in [4.69, 9.17) is 4.74 Å². The lowest BCUT2D eigenvalue weighted by atomic mass is 9.80. The highest BCUT2D eigenvalue weighted by Gasteiger charge is 2.19. The molecule has 4 rings (SSSR count). The fourth-order valence-corrected chi connectivity index (χ4v) is 3.58. The maximum atomic E-state index is 12.4. The zero-order chi connectivity index (χ0) is 17.8. The molecule has 1 heterocycles. The van der Waals surface area contributed by atoms with Crippen molar-refractivity contribution in [3.63, 3.8) is 0 Å². The number of anilines is 2.